The molecular formula is C19H25ClN4O3. The van der Waals surface area contributed by atoms with E-state index in [-0.39, 0.29) is 6.09 Å². The zero-order valence-corrected chi connectivity index (χ0v) is 17.0. The number of likely N-dealkylation sites (tertiary alicyclic amines) is 1. The fourth-order valence-corrected chi connectivity index (χ4v) is 4.24. The number of rotatable bonds is 0. The second-order valence-electron chi connectivity index (χ2n) is 8.29. The highest BCUT2D eigenvalue weighted by Crippen LogP contribution is 2.42. The van der Waals surface area contributed by atoms with Crippen molar-refractivity contribution in [2.24, 2.45) is 0 Å². The first-order valence-corrected chi connectivity index (χ1v) is 9.72. The van der Waals surface area contributed by atoms with Crippen molar-refractivity contribution in [3.63, 3.8) is 0 Å². The van der Waals surface area contributed by atoms with Crippen LogP contribution in [0.15, 0.2) is 6.07 Å². The van der Waals surface area contributed by atoms with Gasteiger partial charge in [0.2, 0.25) is 0 Å². The van der Waals surface area contributed by atoms with Gasteiger partial charge in [-0.15, -0.1) is 0 Å². The fraction of sp³-hybridized carbons (Fsp3) is 0.632. The van der Waals surface area contributed by atoms with E-state index >= 15 is 0 Å². The molecule has 146 valence electrons. The molecular weight excluding hydrogens is 368 g/mol. The van der Waals surface area contributed by atoms with E-state index in [0.717, 1.165) is 23.3 Å². The fourth-order valence-electron chi connectivity index (χ4n) is 3.98. The third-order valence-corrected chi connectivity index (χ3v) is 5.49. The Labute approximate surface area is 163 Å². The minimum absolute atomic E-state index is 0.266. The lowest BCUT2D eigenvalue weighted by Crippen LogP contribution is -2.50. The van der Waals surface area contributed by atoms with Crippen LogP contribution in [0.3, 0.4) is 0 Å². The molecule has 0 aliphatic carbocycles. The first-order valence-electron chi connectivity index (χ1n) is 9.34. The van der Waals surface area contributed by atoms with Crippen LogP contribution in [0, 0.1) is 6.92 Å². The number of aryl methyl sites for hydroxylation is 1. The molecule has 0 radical (unpaired) electrons. The lowest BCUT2D eigenvalue weighted by Gasteiger charge is -2.44. The van der Waals surface area contributed by atoms with Crippen LogP contribution in [-0.4, -0.2) is 50.8 Å². The quantitative estimate of drug-likeness (QED) is 0.640. The van der Waals surface area contributed by atoms with E-state index in [1.54, 1.807) is 4.90 Å². The van der Waals surface area contributed by atoms with Gasteiger partial charge in [-0.25, -0.2) is 14.8 Å². The number of amides is 1. The molecule has 2 aliphatic heterocycles. The number of carbonyl (C=O) groups excluding carboxylic acids is 1. The van der Waals surface area contributed by atoms with Crippen LogP contribution in [0.5, 0.6) is 0 Å². The van der Waals surface area contributed by atoms with Gasteiger partial charge in [-0.05, 0) is 46.6 Å². The van der Waals surface area contributed by atoms with E-state index in [1.807, 2.05) is 27.7 Å². The predicted molar refractivity (Wildman–Crippen MR) is 102 cm³/mol. The standard InChI is InChI=1S/C19H25ClN4O3/c1-12-21-15(20)13-11-14-19(26-10-9-24(14)16(13)22-12)5-7-23(8-6-19)17(25)27-18(2,3)4/h11H,5-10H2,1-4H3. The summed E-state index contributed by atoms with van der Waals surface area (Å²) in [6.45, 7) is 10.0. The van der Waals surface area contributed by atoms with Gasteiger partial charge < -0.3 is 18.9 Å². The van der Waals surface area contributed by atoms with Gasteiger partial charge in [0, 0.05) is 19.6 Å². The van der Waals surface area contributed by atoms with Crippen molar-refractivity contribution in [2.45, 2.75) is 58.3 Å². The molecule has 2 aromatic rings. The molecule has 1 saturated heterocycles. The molecule has 0 aromatic carbocycles. The third-order valence-electron chi connectivity index (χ3n) is 5.20. The summed E-state index contributed by atoms with van der Waals surface area (Å²) < 4.78 is 14.0. The van der Waals surface area contributed by atoms with E-state index in [1.165, 1.54) is 0 Å². The summed E-state index contributed by atoms with van der Waals surface area (Å²) >= 11 is 6.36. The number of hydrogen-bond donors (Lipinski definition) is 0. The molecule has 1 amide bonds. The molecule has 1 spiro atoms. The highest BCUT2D eigenvalue weighted by molar-refractivity contribution is 6.34. The van der Waals surface area contributed by atoms with Gasteiger partial charge in [0.1, 0.15) is 27.8 Å². The minimum atomic E-state index is -0.493. The molecule has 1 fully saturated rings. The summed E-state index contributed by atoms with van der Waals surface area (Å²) in [7, 11) is 0. The minimum Gasteiger partial charge on any atom is -0.444 e. The first-order chi connectivity index (χ1) is 12.7. The van der Waals surface area contributed by atoms with Crippen molar-refractivity contribution in [1.82, 2.24) is 19.4 Å². The second-order valence-corrected chi connectivity index (χ2v) is 8.65. The Hall–Kier alpha value is -1.86. The molecule has 27 heavy (non-hydrogen) atoms. The molecule has 2 aromatic heterocycles. The predicted octanol–water partition coefficient (Wildman–Crippen LogP) is 3.65. The van der Waals surface area contributed by atoms with Crippen LogP contribution in [0.2, 0.25) is 5.15 Å². The average molecular weight is 393 g/mol. The Bertz CT molecular complexity index is 894. The maximum absolute atomic E-state index is 12.4. The Morgan fingerprint density at radius 1 is 1.26 bits per heavy atom. The van der Waals surface area contributed by atoms with Crippen LogP contribution >= 0.6 is 11.6 Å². The number of piperidine rings is 1. The molecule has 7 nitrogen and oxygen atoms in total. The van der Waals surface area contributed by atoms with Crippen LogP contribution in [-0.2, 0) is 21.6 Å². The van der Waals surface area contributed by atoms with Crippen LogP contribution in [0.4, 0.5) is 4.79 Å². The normalized spacial score (nSPS) is 19.4. The maximum Gasteiger partial charge on any atom is 0.410 e. The van der Waals surface area contributed by atoms with Gasteiger partial charge >= 0.3 is 6.09 Å². The summed E-state index contributed by atoms with van der Waals surface area (Å²) in [5.41, 5.74) is 1.02. The molecule has 0 bridgehead atoms. The highest BCUT2D eigenvalue weighted by Gasteiger charge is 2.44. The largest absolute Gasteiger partial charge is 0.444 e. The first kappa shape index (κ1) is 18.5. The number of halogens is 1. The van der Waals surface area contributed by atoms with E-state index < -0.39 is 11.2 Å². The van der Waals surface area contributed by atoms with Crippen molar-refractivity contribution < 1.29 is 14.3 Å². The number of fused-ring (bicyclic) bond motifs is 4. The maximum atomic E-state index is 12.4. The Balaban J connectivity index is 1.62. The number of hydrogen-bond acceptors (Lipinski definition) is 5. The topological polar surface area (TPSA) is 69.5 Å². The van der Waals surface area contributed by atoms with Gasteiger partial charge in [0.05, 0.1) is 17.7 Å². The Kier molecular flexibility index (Phi) is 4.35. The molecule has 4 rings (SSSR count). The van der Waals surface area contributed by atoms with E-state index in [4.69, 9.17) is 21.1 Å². The van der Waals surface area contributed by atoms with E-state index in [9.17, 15) is 4.79 Å². The molecule has 8 heteroatoms. The zero-order chi connectivity index (χ0) is 19.4. The van der Waals surface area contributed by atoms with Gasteiger partial charge in [0.25, 0.3) is 0 Å². The lowest BCUT2D eigenvalue weighted by molar-refractivity contribution is -0.111. The average Bonchev–Trinajstić information content (AvgIpc) is 2.95. The summed E-state index contributed by atoms with van der Waals surface area (Å²) in [6.07, 6.45) is 1.16. The molecule has 0 saturated carbocycles. The highest BCUT2D eigenvalue weighted by atomic mass is 35.5. The van der Waals surface area contributed by atoms with E-state index in [2.05, 4.69) is 20.6 Å². The van der Waals surface area contributed by atoms with Crippen molar-refractivity contribution in [2.75, 3.05) is 19.7 Å². The second kappa shape index (κ2) is 6.34. The van der Waals surface area contributed by atoms with Gasteiger partial charge in [-0.3, -0.25) is 0 Å². The van der Waals surface area contributed by atoms with Crippen molar-refractivity contribution in [3.8, 4) is 0 Å². The number of ether oxygens (including phenoxy) is 2. The summed E-state index contributed by atoms with van der Waals surface area (Å²) in [4.78, 5) is 23.0. The summed E-state index contributed by atoms with van der Waals surface area (Å²) in [5.74, 6) is 0.661. The van der Waals surface area contributed by atoms with Crippen molar-refractivity contribution in [1.29, 1.82) is 0 Å². The van der Waals surface area contributed by atoms with Crippen molar-refractivity contribution >= 4 is 28.7 Å². The molecule has 0 atom stereocenters. The summed E-state index contributed by atoms with van der Waals surface area (Å²) in [6, 6.07) is 2.05. The zero-order valence-electron chi connectivity index (χ0n) is 16.2. The SMILES string of the molecule is Cc1nc(Cl)c2cc3n(c2n1)CCOC31CCN(C(=O)OC(C)(C)C)CC1. The number of carbonyl (C=O) groups is 1. The Morgan fingerprint density at radius 3 is 2.63 bits per heavy atom. The van der Waals surface area contributed by atoms with Crippen molar-refractivity contribution in [3.05, 3.63) is 22.7 Å². The van der Waals surface area contributed by atoms with Gasteiger partial charge in [-0.1, -0.05) is 11.6 Å². The smallest absolute Gasteiger partial charge is 0.410 e. The van der Waals surface area contributed by atoms with E-state index in [0.29, 0.717) is 43.5 Å². The van der Waals surface area contributed by atoms with Gasteiger partial charge in [-0.2, -0.15) is 0 Å². The van der Waals surface area contributed by atoms with Gasteiger partial charge in [0.15, 0.2) is 0 Å². The van der Waals surface area contributed by atoms with Crippen LogP contribution in [0.1, 0.15) is 45.1 Å². The number of nitrogens with zero attached hydrogens (tertiary/aromatic N) is 4. The molecule has 0 unspecified atom stereocenters. The lowest BCUT2D eigenvalue weighted by atomic mass is 9.87. The monoisotopic (exact) mass is 392 g/mol. The van der Waals surface area contributed by atoms with Crippen LogP contribution < -0.4 is 0 Å². The molecule has 0 N–H and O–H groups in total. The summed E-state index contributed by atoms with van der Waals surface area (Å²) in [5, 5.41) is 1.33. The Morgan fingerprint density at radius 2 is 1.96 bits per heavy atom. The molecule has 2 aliphatic rings. The number of aromatic nitrogens is 3. The van der Waals surface area contributed by atoms with Crippen LogP contribution in [0.25, 0.3) is 11.0 Å². The molecule has 4 heterocycles. The third kappa shape index (κ3) is 3.27.